The van der Waals surface area contributed by atoms with Crippen LogP contribution in [0.25, 0.3) is 0 Å². The maximum atomic E-state index is 16.3. The van der Waals surface area contributed by atoms with Gasteiger partial charge in [-0.1, -0.05) is 72.8 Å². The van der Waals surface area contributed by atoms with Crippen LogP contribution < -0.4 is 9.91 Å². The predicted molar refractivity (Wildman–Crippen MR) is 188 cm³/mol. The van der Waals surface area contributed by atoms with Crippen LogP contribution in [0.1, 0.15) is 54.5 Å². The predicted octanol–water partition coefficient (Wildman–Crippen LogP) is 5.78. The minimum Gasteiger partial charge on any atom is -0.395 e. The number of carbonyl (C=O) groups excluding carboxylic acids is 2. The number of aliphatic hydroxyl groups is 1. The van der Waals surface area contributed by atoms with E-state index in [1.54, 1.807) is 35.8 Å². The van der Waals surface area contributed by atoms with Crippen molar-refractivity contribution in [1.29, 1.82) is 0 Å². The summed E-state index contributed by atoms with van der Waals surface area (Å²) in [5, 5.41) is 25.0. The van der Waals surface area contributed by atoms with Crippen LogP contribution in [0.3, 0.4) is 0 Å². The quantitative estimate of drug-likeness (QED) is 0.177. The Morgan fingerprint density at radius 3 is 2.45 bits per heavy atom. The van der Waals surface area contributed by atoms with Gasteiger partial charge in [0, 0.05) is 49.7 Å². The topological polar surface area (TPSA) is 113 Å². The van der Waals surface area contributed by atoms with Crippen molar-refractivity contribution in [2.75, 3.05) is 23.6 Å². The molecule has 1 fully saturated rings. The third kappa shape index (κ3) is 5.71. The Hall–Kier alpha value is -4.52. The molecule has 4 heterocycles. The van der Waals surface area contributed by atoms with Crippen molar-refractivity contribution >= 4 is 37.3 Å². The molecule has 0 saturated carbocycles. The summed E-state index contributed by atoms with van der Waals surface area (Å²) in [6.45, 7) is 5.55. The molecule has 4 aromatic rings. The second-order valence-corrected chi connectivity index (χ2v) is 17.6. The fourth-order valence-corrected chi connectivity index (χ4v) is 10.6. The van der Waals surface area contributed by atoms with Crippen LogP contribution in [-0.2, 0) is 26.5 Å². The first-order valence-electron chi connectivity index (χ1n) is 16.8. The number of carbonyl (C=O) groups is 2. The molecule has 49 heavy (non-hydrogen) atoms. The van der Waals surface area contributed by atoms with Gasteiger partial charge in [-0.05, 0) is 48.8 Å². The van der Waals surface area contributed by atoms with E-state index in [1.165, 1.54) is 5.01 Å². The molecular weight excluding hydrogens is 640 g/mol. The first kappa shape index (κ1) is 33.0. The van der Waals surface area contributed by atoms with Crippen LogP contribution in [0.15, 0.2) is 90.2 Å². The molecule has 0 radical (unpaired) electrons. The first-order chi connectivity index (χ1) is 23.5. The Morgan fingerprint density at radius 2 is 1.76 bits per heavy atom. The van der Waals surface area contributed by atoms with Crippen LogP contribution in [0.2, 0.25) is 18.6 Å². The van der Waals surface area contributed by atoms with Crippen molar-refractivity contribution in [3.63, 3.8) is 0 Å². The molecule has 1 N–H and O–H groups in total. The summed E-state index contributed by atoms with van der Waals surface area (Å²) in [7, 11) is -1.67. The zero-order valence-corrected chi connectivity index (χ0v) is 29.2. The Morgan fingerprint density at radius 1 is 1.04 bits per heavy atom. The van der Waals surface area contributed by atoms with E-state index in [0.29, 0.717) is 48.4 Å². The van der Waals surface area contributed by atoms with Gasteiger partial charge in [0.1, 0.15) is 0 Å². The third-order valence-corrected chi connectivity index (χ3v) is 12.9. The number of fused-ring (bicyclic) bond motifs is 2. The molecule has 0 bridgehead atoms. The highest BCUT2D eigenvalue weighted by molar-refractivity contribution is 6.72. The number of anilines is 2. The highest BCUT2D eigenvalue weighted by Gasteiger charge is 2.66. The van der Waals surface area contributed by atoms with E-state index in [-0.39, 0.29) is 24.3 Å². The summed E-state index contributed by atoms with van der Waals surface area (Å²) in [5.41, 5.74) is 3.27. The number of halogens is 1. The summed E-state index contributed by atoms with van der Waals surface area (Å²) in [6.07, 6.45) is 2.50. The van der Waals surface area contributed by atoms with Crippen molar-refractivity contribution in [2.45, 2.75) is 69.0 Å². The molecule has 7 rings (SSSR count). The van der Waals surface area contributed by atoms with E-state index in [1.807, 2.05) is 85.9 Å². The second-order valence-electron chi connectivity index (χ2n) is 13.8. The van der Waals surface area contributed by atoms with Gasteiger partial charge in [-0.3, -0.25) is 14.3 Å². The fraction of sp³-hybridized carbons (Fsp3) is 0.378. The van der Waals surface area contributed by atoms with Crippen LogP contribution in [-0.4, -0.2) is 65.8 Å². The number of benzene rings is 3. The highest BCUT2D eigenvalue weighted by Crippen LogP contribution is 2.60. The number of rotatable bonds is 9. The smallest absolute Gasteiger partial charge is 0.264 e. The number of aromatic nitrogens is 3. The Kier molecular flexibility index (Phi) is 8.58. The highest BCUT2D eigenvalue weighted by atomic mass is 28.4. The van der Waals surface area contributed by atoms with E-state index in [2.05, 4.69) is 10.3 Å². The van der Waals surface area contributed by atoms with E-state index in [4.69, 9.17) is 9.84 Å². The van der Waals surface area contributed by atoms with Gasteiger partial charge in [-0.15, -0.1) is 5.10 Å². The van der Waals surface area contributed by atoms with Gasteiger partial charge in [-0.2, -0.15) is 5.10 Å². The molecule has 3 aliphatic heterocycles. The number of aryl methyl sites for hydroxylation is 1. The number of likely N-dealkylation sites (N-methyl/N-ethyl adjacent to an activating group) is 1. The Labute approximate surface area is 286 Å². The summed E-state index contributed by atoms with van der Waals surface area (Å²) < 4.78 is 24.9. The zero-order valence-electron chi connectivity index (χ0n) is 28.2. The maximum absolute atomic E-state index is 16.3. The minimum absolute atomic E-state index is 0.114. The monoisotopic (exact) mass is 680 g/mol. The number of amides is 2. The van der Waals surface area contributed by atoms with E-state index in [9.17, 15) is 14.7 Å². The average molecular weight is 681 g/mol. The molecule has 1 saturated heterocycles. The van der Waals surface area contributed by atoms with Gasteiger partial charge in [0.25, 0.3) is 5.91 Å². The van der Waals surface area contributed by atoms with Gasteiger partial charge in [0.15, 0.2) is 5.60 Å². The number of nitrogens with zero attached hydrogens (tertiary/aromatic N) is 6. The van der Waals surface area contributed by atoms with Crippen LogP contribution in [0, 0.1) is 5.92 Å². The SMILES string of the molecule is C[C@H]1[C@H]([Si](C)(C)F)[C@@H](CCn2cc(C(CO)c3ccccc3)nn2)O[C@]12C(=O)N(C)c1ccc(N3N=C(c4ccccc4)CCC3=O)cc12. The van der Waals surface area contributed by atoms with Crippen molar-refractivity contribution in [3.05, 3.63) is 107 Å². The number of ether oxygens (including phenoxy) is 1. The summed E-state index contributed by atoms with van der Waals surface area (Å²) in [5.74, 6) is -1.17. The van der Waals surface area contributed by atoms with Crippen molar-refractivity contribution in [2.24, 2.45) is 11.0 Å². The molecule has 2 amide bonds. The molecule has 5 atom stereocenters. The molecule has 3 aromatic carbocycles. The number of hydrazone groups is 1. The summed E-state index contributed by atoms with van der Waals surface area (Å²) in [4.78, 5) is 29.1. The van der Waals surface area contributed by atoms with Gasteiger partial charge in [0.05, 0.1) is 41.4 Å². The lowest BCUT2D eigenvalue weighted by Gasteiger charge is -2.31. The molecule has 1 aromatic heterocycles. The molecule has 254 valence electrons. The van der Waals surface area contributed by atoms with E-state index >= 15 is 4.11 Å². The lowest BCUT2D eigenvalue weighted by molar-refractivity contribution is -0.145. The fourth-order valence-electron chi connectivity index (χ4n) is 8.03. The maximum Gasteiger partial charge on any atom is 0.264 e. The summed E-state index contributed by atoms with van der Waals surface area (Å²) in [6, 6.07) is 24.9. The Bertz CT molecular complexity index is 1900. The third-order valence-electron chi connectivity index (χ3n) is 10.4. The number of aliphatic hydroxyl groups excluding tert-OH is 1. The van der Waals surface area contributed by atoms with Crippen LogP contribution in [0.4, 0.5) is 15.5 Å². The van der Waals surface area contributed by atoms with E-state index < -0.39 is 31.6 Å². The minimum atomic E-state index is -3.38. The van der Waals surface area contributed by atoms with Crippen molar-refractivity contribution < 1.29 is 23.5 Å². The molecule has 0 aliphatic carbocycles. The van der Waals surface area contributed by atoms with Crippen LogP contribution >= 0.6 is 0 Å². The van der Waals surface area contributed by atoms with Gasteiger partial charge >= 0.3 is 0 Å². The largest absolute Gasteiger partial charge is 0.395 e. The normalized spacial score (nSPS) is 24.4. The van der Waals surface area contributed by atoms with Crippen LogP contribution in [0.5, 0.6) is 0 Å². The molecule has 3 aliphatic rings. The molecular formula is C37H41FN6O4Si. The van der Waals surface area contributed by atoms with Crippen molar-refractivity contribution in [3.8, 4) is 0 Å². The zero-order chi connectivity index (χ0) is 34.5. The summed E-state index contributed by atoms with van der Waals surface area (Å²) >= 11 is 0. The first-order valence-corrected chi connectivity index (χ1v) is 19.8. The second kappa shape index (κ2) is 12.7. The average Bonchev–Trinajstić information content (AvgIpc) is 3.75. The standard InChI is InChI=1S/C37H41FN6O4Si/c1-24-35(49(3,4)38)33(19-20-43-22-31(39-41-43)28(23-45)25-11-7-5-8-12-25)48-37(24)29-21-27(15-17-32(29)42(2)36(37)47)44-34(46)18-16-30(40-44)26-13-9-6-10-14-26/h5-15,17,21-22,24,28,33,35,45H,16,18-20,23H2,1-4H3/t24-,28?,33+,35-,37+/m0/s1. The van der Waals surface area contributed by atoms with E-state index in [0.717, 1.165) is 16.8 Å². The molecule has 12 heteroatoms. The number of hydrogen-bond donors (Lipinski definition) is 1. The molecule has 10 nitrogen and oxygen atoms in total. The lowest BCUT2D eigenvalue weighted by atomic mass is 9.82. The van der Waals surface area contributed by atoms with Gasteiger partial charge in [0.2, 0.25) is 14.3 Å². The lowest BCUT2D eigenvalue weighted by Crippen LogP contribution is -2.44. The molecule has 1 unspecified atom stereocenters. The van der Waals surface area contributed by atoms with Gasteiger partial charge in [-0.25, -0.2) is 5.01 Å². The molecule has 1 spiro atoms. The van der Waals surface area contributed by atoms with Crippen molar-refractivity contribution in [1.82, 2.24) is 15.0 Å². The van der Waals surface area contributed by atoms with Gasteiger partial charge < -0.3 is 18.9 Å². The Balaban J connectivity index is 1.20. The number of hydrogen-bond acceptors (Lipinski definition) is 7.